The molecule has 110 valence electrons. The van der Waals surface area contributed by atoms with Crippen molar-refractivity contribution in [3.8, 4) is 6.07 Å². The largest absolute Gasteiger partial charge is 0.310 e. The van der Waals surface area contributed by atoms with Crippen molar-refractivity contribution >= 4 is 8.24 Å². The van der Waals surface area contributed by atoms with Gasteiger partial charge in [-0.3, -0.25) is 4.90 Å². The summed E-state index contributed by atoms with van der Waals surface area (Å²) in [6, 6.07) is 2.35. The zero-order valence-corrected chi connectivity index (χ0v) is 14.7. The van der Waals surface area contributed by atoms with Gasteiger partial charge in [0.2, 0.25) is 0 Å². The number of hydrogen-bond donors (Lipinski definition) is 0. The molecule has 0 aromatic heterocycles. The van der Waals surface area contributed by atoms with Gasteiger partial charge in [-0.15, -0.1) is 0 Å². The fourth-order valence-corrected chi connectivity index (χ4v) is 5.97. The fraction of sp³-hybridized carbons (Fsp3) is 0.933. The minimum Gasteiger partial charge on any atom is -0.310 e. The van der Waals surface area contributed by atoms with E-state index in [0.717, 1.165) is 19.8 Å². The Morgan fingerprint density at radius 2 is 1.95 bits per heavy atom. The molecule has 1 fully saturated rings. The van der Waals surface area contributed by atoms with Crippen LogP contribution in [-0.4, -0.2) is 44.0 Å². The zero-order chi connectivity index (χ0) is 14.7. The lowest BCUT2D eigenvalue weighted by molar-refractivity contribution is 0.278. The molecule has 0 saturated carbocycles. The molecule has 1 unspecified atom stereocenters. The van der Waals surface area contributed by atoms with Crippen molar-refractivity contribution < 1.29 is 0 Å². The van der Waals surface area contributed by atoms with Crippen LogP contribution < -0.4 is 0 Å². The van der Waals surface area contributed by atoms with E-state index in [4.69, 9.17) is 5.26 Å². The van der Waals surface area contributed by atoms with Gasteiger partial charge in [-0.05, 0) is 18.4 Å². The van der Waals surface area contributed by atoms with E-state index in [2.05, 4.69) is 49.4 Å². The van der Waals surface area contributed by atoms with Crippen molar-refractivity contribution in [3.05, 3.63) is 0 Å². The number of nitriles is 1. The van der Waals surface area contributed by atoms with Crippen LogP contribution in [0, 0.1) is 17.2 Å². The summed E-state index contributed by atoms with van der Waals surface area (Å²) >= 11 is 0. The first kappa shape index (κ1) is 16.7. The Bertz CT molecular complexity index is 333. The highest BCUT2D eigenvalue weighted by Gasteiger charge is 2.45. The molecular formula is C15H31N3Si. The average molecular weight is 282 g/mol. The van der Waals surface area contributed by atoms with Crippen molar-refractivity contribution in [2.45, 2.75) is 58.7 Å². The summed E-state index contributed by atoms with van der Waals surface area (Å²) in [5.74, 6) is 0.147. The van der Waals surface area contributed by atoms with E-state index >= 15 is 0 Å². The molecule has 1 atom stereocenters. The normalized spacial score (nSPS) is 20.5. The molecule has 0 aromatic rings. The Balaban J connectivity index is 2.65. The monoisotopic (exact) mass is 281 g/mol. The highest BCUT2D eigenvalue weighted by Crippen LogP contribution is 2.43. The first-order chi connectivity index (χ1) is 8.74. The molecule has 1 heterocycles. The molecule has 0 amide bonds. The first-order valence-electron chi connectivity index (χ1n) is 7.61. The molecule has 19 heavy (non-hydrogen) atoms. The molecule has 1 saturated heterocycles. The molecule has 1 aliphatic rings. The standard InChI is InChI=1S/C15H31N3Si/c1-7-8-15(3,4)19(5,6)18-10-9-17(13-18)12-14(2)11-16/h14H,7-10,12-13H2,1-6H3. The minimum absolute atomic E-state index is 0.147. The van der Waals surface area contributed by atoms with E-state index in [1.807, 2.05) is 6.92 Å². The quantitative estimate of drug-likeness (QED) is 0.698. The molecule has 0 bridgehead atoms. The number of hydrogen-bond acceptors (Lipinski definition) is 3. The molecule has 0 radical (unpaired) electrons. The van der Waals surface area contributed by atoms with Crippen LogP contribution in [0.15, 0.2) is 0 Å². The van der Waals surface area contributed by atoms with E-state index in [-0.39, 0.29) is 5.92 Å². The summed E-state index contributed by atoms with van der Waals surface area (Å²) < 4.78 is 2.73. The van der Waals surface area contributed by atoms with Gasteiger partial charge >= 0.3 is 0 Å². The smallest absolute Gasteiger partial charge is 0.129 e. The van der Waals surface area contributed by atoms with Crippen molar-refractivity contribution in [2.24, 2.45) is 5.92 Å². The van der Waals surface area contributed by atoms with E-state index in [1.54, 1.807) is 0 Å². The Kier molecular flexibility index (Phi) is 5.61. The maximum absolute atomic E-state index is 8.94. The lowest BCUT2D eigenvalue weighted by atomic mass is 10.1. The molecule has 3 nitrogen and oxygen atoms in total. The van der Waals surface area contributed by atoms with Crippen LogP contribution in [0.2, 0.25) is 18.1 Å². The van der Waals surface area contributed by atoms with Gasteiger partial charge in [-0.25, -0.2) is 0 Å². The van der Waals surface area contributed by atoms with Crippen LogP contribution in [0.3, 0.4) is 0 Å². The Hall–Kier alpha value is -0.373. The molecule has 0 N–H and O–H groups in total. The molecule has 0 spiro atoms. The minimum atomic E-state index is -1.41. The molecule has 0 aliphatic carbocycles. The Morgan fingerprint density at radius 1 is 1.32 bits per heavy atom. The topological polar surface area (TPSA) is 30.3 Å². The van der Waals surface area contributed by atoms with Gasteiger partial charge in [-0.1, -0.05) is 40.3 Å². The molecule has 0 aromatic carbocycles. The summed E-state index contributed by atoms with van der Waals surface area (Å²) in [7, 11) is -1.41. The SMILES string of the molecule is CCCC(C)(C)[Si](C)(C)N1CCN(CC(C)C#N)C1. The highest BCUT2D eigenvalue weighted by molar-refractivity contribution is 6.77. The van der Waals surface area contributed by atoms with Gasteiger partial charge in [0.1, 0.15) is 8.24 Å². The van der Waals surface area contributed by atoms with Gasteiger partial charge in [0, 0.05) is 26.3 Å². The Labute approximate surface area is 120 Å². The second kappa shape index (κ2) is 6.38. The number of nitrogens with zero attached hydrogens (tertiary/aromatic N) is 3. The molecule has 1 aliphatic heterocycles. The van der Waals surface area contributed by atoms with Gasteiger partial charge in [0.25, 0.3) is 0 Å². The van der Waals surface area contributed by atoms with Crippen LogP contribution in [0.25, 0.3) is 0 Å². The van der Waals surface area contributed by atoms with Crippen molar-refractivity contribution in [2.75, 3.05) is 26.3 Å². The van der Waals surface area contributed by atoms with Crippen LogP contribution in [-0.2, 0) is 0 Å². The Morgan fingerprint density at radius 3 is 2.47 bits per heavy atom. The van der Waals surface area contributed by atoms with Gasteiger partial charge in [0.05, 0.1) is 12.0 Å². The second-order valence-electron chi connectivity index (χ2n) is 7.20. The van der Waals surface area contributed by atoms with E-state index in [9.17, 15) is 0 Å². The first-order valence-corrected chi connectivity index (χ1v) is 10.6. The third-order valence-electron chi connectivity index (χ3n) is 5.13. The predicted molar refractivity (Wildman–Crippen MR) is 84.4 cm³/mol. The molecule has 4 heteroatoms. The maximum Gasteiger partial charge on any atom is 0.129 e. The second-order valence-corrected chi connectivity index (χ2v) is 12.3. The molecular weight excluding hydrogens is 250 g/mol. The summed E-state index contributed by atoms with van der Waals surface area (Å²) in [5, 5.41) is 9.40. The van der Waals surface area contributed by atoms with Gasteiger partial charge < -0.3 is 4.57 Å². The fourth-order valence-electron chi connectivity index (χ4n) is 3.04. The summed E-state index contributed by atoms with van der Waals surface area (Å²) in [4.78, 5) is 2.45. The van der Waals surface area contributed by atoms with Crippen LogP contribution in [0.5, 0.6) is 0 Å². The van der Waals surface area contributed by atoms with Gasteiger partial charge in [-0.2, -0.15) is 5.26 Å². The lowest BCUT2D eigenvalue weighted by Gasteiger charge is -2.46. The third kappa shape index (κ3) is 3.81. The lowest BCUT2D eigenvalue weighted by Crippen LogP contribution is -2.55. The predicted octanol–water partition coefficient (Wildman–Crippen LogP) is 3.51. The molecule has 1 rings (SSSR count). The van der Waals surface area contributed by atoms with Crippen LogP contribution in [0.4, 0.5) is 0 Å². The summed E-state index contributed by atoms with van der Waals surface area (Å²) in [6.07, 6.45) is 2.59. The van der Waals surface area contributed by atoms with Crippen molar-refractivity contribution in [1.82, 2.24) is 9.47 Å². The summed E-state index contributed by atoms with van der Waals surface area (Å²) in [6.45, 7) is 18.5. The van der Waals surface area contributed by atoms with E-state index in [0.29, 0.717) is 5.04 Å². The van der Waals surface area contributed by atoms with E-state index < -0.39 is 8.24 Å². The maximum atomic E-state index is 8.94. The average Bonchev–Trinajstić information content (AvgIpc) is 2.77. The summed E-state index contributed by atoms with van der Waals surface area (Å²) in [5.41, 5.74) is 0. The zero-order valence-electron chi connectivity index (χ0n) is 13.7. The third-order valence-corrected chi connectivity index (χ3v) is 10.6. The van der Waals surface area contributed by atoms with Crippen molar-refractivity contribution in [1.29, 1.82) is 5.26 Å². The van der Waals surface area contributed by atoms with Crippen LogP contribution in [0.1, 0.15) is 40.5 Å². The van der Waals surface area contributed by atoms with Crippen molar-refractivity contribution in [3.63, 3.8) is 0 Å². The number of rotatable bonds is 6. The van der Waals surface area contributed by atoms with Crippen LogP contribution >= 0.6 is 0 Å². The van der Waals surface area contributed by atoms with E-state index in [1.165, 1.54) is 19.4 Å². The van der Waals surface area contributed by atoms with Gasteiger partial charge in [0.15, 0.2) is 0 Å². The highest BCUT2D eigenvalue weighted by atomic mass is 28.3.